The first kappa shape index (κ1) is 11.0. The van der Waals surface area contributed by atoms with Crippen molar-refractivity contribution >= 4 is 20.0 Å². The molecule has 1 aliphatic carbocycles. The van der Waals surface area contributed by atoms with E-state index in [4.69, 9.17) is 0 Å². The Balaban J connectivity index is 2.35. The van der Waals surface area contributed by atoms with E-state index in [0.29, 0.717) is 0 Å². The largest absolute Gasteiger partial charge is 0.766 e. The fourth-order valence-electron chi connectivity index (χ4n) is 1.66. The Labute approximate surface area is 95.2 Å². The summed E-state index contributed by atoms with van der Waals surface area (Å²) >= 11 is 4.46. The van der Waals surface area contributed by atoms with E-state index in [2.05, 4.69) is 11.2 Å². The molecule has 0 aromatic heterocycles. The summed E-state index contributed by atoms with van der Waals surface area (Å²) in [7, 11) is -3.47. The van der Waals surface area contributed by atoms with Crippen molar-refractivity contribution in [2.45, 2.75) is 31.1 Å². The van der Waals surface area contributed by atoms with Crippen LogP contribution in [0.15, 0.2) is 23.1 Å². The molecule has 4 heteroatoms. The van der Waals surface area contributed by atoms with Gasteiger partial charge in [0.05, 0.1) is 0 Å². The minimum Gasteiger partial charge on any atom is -0.766 e. The molecule has 0 amide bonds. The third kappa shape index (κ3) is 2.77. The third-order valence-corrected chi connectivity index (χ3v) is 4.22. The second-order valence-corrected chi connectivity index (χ2v) is 6.89. The molecule has 1 atom stereocenters. The number of rotatable bonds is 3. The number of benzene rings is 1. The van der Waals surface area contributed by atoms with E-state index >= 15 is 0 Å². The standard InChI is InChI=1S/C11H14O2S2/c1-8-2-5-11(15(12,13)14)7-10(8)6-9-3-4-9/h2,5,7,9H,3-4,6H2,1H3,(H,12,13,14)/p-1. The van der Waals surface area contributed by atoms with Crippen molar-refractivity contribution in [2.24, 2.45) is 5.92 Å². The Morgan fingerprint density at radius 3 is 2.73 bits per heavy atom. The first-order valence-electron chi connectivity index (χ1n) is 5.02. The lowest BCUT2D eigenvalue weighted by molar-refractivity contribution is 0.534. The molecule has 0 aliphatic heterocycles. The molecule has 1 fully saturated rings. The molecule has 0 spiro atoms. The summed E-state index contributed by atoms with van der Waals surface area (Å²) in [6.45, 7) is 2.01. The average Bonchev–Trinajstić information content (AvgIpc) is 2.90. The van der Waals surface area contributed by atoms with Gasteiger partial charge in [-0.1, -0.05) is 6.07 Å². The summed E-state index contributed by atoms with van der Waals surface area (Å²) in [5.41, 5.74) is 2.28. The molecule has 1 aliphatic rings. The van der Waals surface area contributed by atoms with Crippen molar-refractivity contribution < 1.29 is 8.76 Å². The van der Waals surface area contributed by atoms with Crippen LogP contribution >= 0.6 is 0 Å². The van der Waals surface area contributed by atoms with Crippen molar-refractivity contribution in [1.29, 1.82) is 0 Å². The monoisotopic (exact) mass is 241 g/mol. The zero-order valence-electron chi connectivity index (χ0n) is 8.56. The Kier molecular flexibility index (Phi) is 2.83. The second-order valence-electron chi connectivity index (χ2n) is 4.19. The molecule has 2 rings (SSSR count). The number of aryl methyl sites for hydroxylation is 1. The van der Waals surface area contributed by atoms with Crippen LogP contribution < -0.4 is 0 Å². The fourth-order valence-corrected chi connectivity index (χ4v) is 2.49. The van der Waals surface area contributed by atoms with Gasteiger partial charge in [0.15, 0.2) is 0 Å². The zero-order chi connectivity index (χ0) is 11.1. The molecule has 2 nitrogen and oxygen atoms in total. The van der Waals surface area contributed by atoms with Gasteiger partial charge in [0.2, 0.25) is 0 Å². The molecule has 82 valence electrons. The summed E-state index contributed by atoms with van der Waals surface area (Å²) in [5.74, 6) is 0.756. The van der Waals surface area contributed by atoms with Gasteiger partial charge in [-0.15, -0.1) is 0 Å². The average molecular weight is 241 g/mol. The van der Waals surface area contributed by atoms with Crippen molar-refractivity contribution in [1.82, 2.24) is 0 Å². The SMILES string of the molecule is Cc1ccc(S(=O)([O-])=S)cc1CC1CC1. The van der Waals surface area contributed by atoms with Crippen molar-refractivity contribution in [3.63, 3.8) is 0 Å². The molecule has 0 N–H and O–H groups in total. The van der Waals surface area contributed by atoms with Crippen LogP contribution in [0.2, 0.25) is 0 Å². The predicted molar refractivity (Wildman–Crippen MR) is 62.2 cm³/mol. The lowest BCUT2D eigenvalue weighted by Crippen LogP contribution is -2.00. The first-order valence-corrected chi connectivity index (χ1v) is 7.43. The predicted octanol–water partition coefficient (Wildman–Crippen LogP) is 2.18. The third-order valence-electron chi connectivity index (χ3n) is 2.81. The number of hydrogen-bond donors (Lipinski definition) is 0. The minimum absolute atomic E-state index is 0.263. The van der Waals surface area contributed by atoms with Gasteiger partial charge in [0, 0.05) is 4.90 Å². The van der Waals surface area contributed by atoms with E-state index in [1.807, 2.05) is 13.0 Å². The lowest BCUT2D eigenvalue weighted by Gasteiger charge is -2.13. The molecule has 0 heterocycles. The van der Waals surface area contributed by atoms with Gasteiger partial charge >= 0.3 is 0 Å². The lowest BCUT2D eigenvalue weighted by atomic mass is 10.0. The van der Waals surface area contributed by atoms with Gasteiger partial charge in [0.25, 0.3) is 0 Å². The van der Waals surface area contributed by atoms with Crippen LogP contribution in [-0.2, 0) is 26.4 Å². The fraction of sp³-hybridized carbons (Fsp3) is 0.455. The Morgan fingerprint density at radius 2 is 2.20 bits per heavy atom. The molecular weight excluding hydrogens is 228 g/mol. The quantitative estimate of drug-likeness (QED) is 0.814. The Morgan fingerprint density at radius 1 is 1.53 bits per heavy atom. The summed E-state index contributed by atoms with van der Waals surface area (Å²) < 4.78 is 22.4. The van der Waals surface area contributed by atoms with Gasteiger partial charge in [-0.25, -0.2) is 0 Å². The van der Waals surface area contributed by atoms with Crippen molar-refractivity contribution in [3.8, 4) is 0 Å². The maximum absolute atomic E-state index is 11.2. The molecule has 15 heavy (non-hydrogen) atoms. The smallest absolute Gasteiger partial charge is 0.0284 e. The molecule has 1 aromatic carbocycles. The van der Waals surface area contributed by atoms with Crippen molar-refractivity contribution in [3.05, 3.63) is 29.3 Å². The van der Waals surface area contributed by atoms with Crippen LogP contribution in [0, 0.1) is 12.8 Å². The molecule has 1 unspecified atom stereocenters. The maximum Gasteiger partial charge on any atom is 0.0284 e. The van der Waals surface area contributed by atoms with Crippen LogP contribution in [0.3, 0.4) is 0 Å². The van der Waals surface area contributed by atoms with E-state index in [0.717, 1.165) is 23.5 Å². The first-order chi connectivity index (χ1) is 6.97. The number of hydrogen-bond acceptors (Lipinski definition) is 3. The van der Waals surface area contributed by atoms with E-state index in [-0.39, 0.29) is 4.90 Å². The topological polar surface area (TPSA) is 40.1 Å². The molecular formula is C11H13O2S2-. The van der Waals surface area contributed by atoms with Gasteiger partial charge in [-0.3, -0.25) is 4.21 Å². The minimum atomic E-state index is -3.47. The van der Waals surface area contributed by atoms with Gasteiger partial charge in [-0.2, -0.15) is 0 Å². The normalized spacial score (nSPS) is 19.9. The van der Waals surface area contributed by atoms with E-state index < -0.39 is 8.77 Å². The van der Waals surface area contributed by atoms with Crippen LogP contribution in [0.5, 0.6) is 0 Å². The molecule has 0 radical (unpaired) electrons. The molecule has 1 aromatic rings. The van der Waals surface area contributed by atoms with Crippen molar-refractivity contribution in [2.75, 3.05) is 0 Å². The van der Waals surface area contributed by atoms with Crippen LogP contribution in [0.25, 0.3) is 0 Å². The highest BCUT2D eigenvalue weighted by Gasteiger charge is 2.22. The summed E-state index contributed by atoms with van der Waals surface area (Å²) in [6, 6.07) is 5.17. The highest BCUT2D eigenvalue weighted by Crippen LogP contribution is 2.33. The summed E-state index contributed by atoms with van der Waals surface area (Å²) in [6.07, 6.45) is 3.53. The van der Waals surface area contributed by atoms with E-state index in [1.54, 1.807) is 12.1 Å². The molecule has 1 saturated carbocycles. The molecule has 0 saturated heterocycles. The van der Waals surface area contributed by atoms with E-state index in [1.165, 1.54) is 12.8 Å². The summed E-state index contributed by atoms with van der Waals surface area (Å²) in [5, 5.41) is 0. The highest BCUT2D eigenvalue weighted by atomic mass is 32.8. The van der Waals surface area contributed by atoms with Crippen LogP contribution in [-0.4, -0.2) is 8.76 Å². The van der Waals surface area contributed by atoms with E-state index in [9.17, 15) is 8.76 Å². The highest BCUT2D eigenvalue weighted by molar-refractivity contribution is 8.29. The van der Waals surface area contributed by atoms with Crippen LogP contribution in [0.1, 0.15) is 24.0 Å². The van der Waals surface area contributed by atoms with Crippen LogP contribution in [0.4, 0.5) is 0 Å². The molecule has 0 bridgehead atoms. The Bertz CT molecular complexity index is 473. The van der Waals surface area contributed by atoms with Gasteiger partial charge in [-0.05, 0) is 75.3 Å². The maximum atomic E-state index is 11.2. The second kappa shape index (κ2) is 3.85. The van der Waals surface area contributed by atoms with Gasteiger partial charge in [0.1, 0.15) is 0 Å². The Hall–Kier alpha value is -0.450. The summed E-state index contributed by atoms with van der Waals surface area (Å²) in [4.78, 5) is 0.263. The zero-order valence-corrected chi connectivity index (χ0v) is 10.2. The van der Waals surface area contributed by atoms with Gasteiger partial charge < -0.3 is 4.55 Å².